The van der Waals surface area contributed by atoms with Gasteiger partial charge in [0.15, 0.2) is 0 Å². The molecule has 1 aromatic rings. The van der Waals surface area contributed by atoms with Gasteiger partial charge in [0.2, 0.25) is 0 Å². The zero-order chi connectivity index (χ0) is 13.8. The molecule has 2 nitrogen and oxygen atoms in total. The Hall–Kier alpha value is -0.570. The van der Waals surface area contributed by atoms with Gasteiger partial charge in [-0.25, -0.2) is 0 Å². The van der Waals surface area contributed by atoms with E-state index in [1.165, 1.54) is 18.4 Å². The van der Waals surface area contributed by atoms with Gasteiger partial charge in [0.05, 0.1) is 6.61 Å². The monoisotopic (exact) mass is 281 g/mol. The van der Waals surface area contributed by atoms with Crippen molar-refractivity contribution in [3.05, 3.63) is 34.9 Å². The van der Waals surface area contributed by atoms with E-state index in [-0.39, 0.29) is 0 Å². The fourth-order valence-corrected chi connectivity index (χ4v) is 2.57. The number of rotatable bonds is 7. The third-order valence-corrected chi connectivity index (χ3v) is 4.12. The van der Waals surface area contributed by atoms with Gasteiger partial charge < -0.3 is 10.1 Å². The molecule has 2 rings (SSSR count). The van der Waals surface area contributed by atoms with Gasteiger partial charge in [-0.3, -0.25) is 0 Å². The van der Waals surface area contributed by atoms with Crippen molar-refractivity contribution in [3.8, 4) is 0 Å². The average molecular weight is 282 g/mol. The Morgan fingerprint density at radius 2 is 1.89 bits per heavy atom. The van der Waals surface area contributed by atoms with E-state index in [4.69, 9.17) is 16.3 Å². The molecule has 0 spiro atoms. The van der Waals surface area contributed by atoms with Gasteiger partial charge in [0.1, 0.15) is 0 Å². The second-order valence-corrected chi connectivity index (χ2v) is 6.28. The largest absolute Gasteiger partial charge is 0.383 e. The number of nitrogens with one attached hydrogen (secondary N) is 1. The molecule has 0 amide bonds. The van der Waals surface area contributed by atoms with Gasteiger partial charge in [-0.15, -0.1) is 0 Å². The maximum absolute atomic E-state index is 5.98. The molecule has 1 saturated carbocycles. The van der Waals surface area contributed by atoms with Crippen LogP contribution >= 0.6 is 11.6 Å². The normalized spacial score (nSPS) is 18.6. The zero-order valence-electron chi connectivity index (χ0n) is 12.0. The Bertz CT molecular complexity index is 386. The van der Waals surface area contributed by atoms with Crippen molar-refractivity contribution in [1.29, 1.82) is 0 Å². The van der Waals surface area contributed by atoms with Crippen LogP contribution in [0, 0.1) is 11.8 Å². The van der Waals surface area contributed by atoms with Gasteiger partial charge in [-0.1, -0.05) is 37.6 Å². The summed E-state index contributed by atoms with van der Waals surface area (Å²) in [5.74, 6) is 1.33. The number of hydrogen-bond donors (Lipinski definition) is 1. The van der Waals surface area contributed by atoms with Crippen LogP contribution in [0.5, 0.6) is 0 Å². The Balaban J connectivity index is 2.09. The van der Waals surface area contributed by atoms with Crippen LogP contribution in [0.4, 0.5) is 0 Å². The lowest BCUT2D eigenvalue weighted by Crippen LogP contribution is -2.40. The van der Waals surface area contributed by atoms with E-state index in [2.05, 4.69) is 31.3 Å². The predicted octanol–water partition coefficient (Wildman–Crippen LogP) is 4.05. The van der Waals surface area contributed by atoms with Crippen LogP contribution in [0.15, 0.2) is 24.3 Å². The summed E-state index contributed by atoms with van der Waals surface area (Å²) in [6.45, 7) is 5.24. The van der Waals surface area contributed by atoms with E-state index in [1.807, 2.05) is 12.1 Å². The number of ether oxygens (including phenoxy) is 1. The molecule has 3 heteroatoms. The summed E-state index contributed by atoms with van der Waals surface area (Å²) < 4.78 is 5.34. The molecule has 1 N–H and O–H groups in total. The van der Waals surface area contributed by atoms with E-state index in [0.29, 0.717) is 18.0 Å². The van der Waals surface area contributed by atoms with Gasteiger partial charge >= 0.3 is 0 Å². The first kappa shape index (κ1) is 14.8. The van der Waals surface area contributed by atoms with Crippen molar-refractivity contribution < 1.29 is 4.74 Å². The second kappa shape index (κ2) is 6.74. The van der Waals surface area contributed by atoms with Crippen molar-refractivity contribution in [1.82, 2.24) is 5.32 Å². The molecule has 19 heavy (non-hydrogen) atoms. The van der Waals surface area contributed by atoms with Crippen molar-refractivity contribution in [2.75, 3.05) is 13.7 Å². The molecule has 0 aromatic heterocycles. The minimum atomic E-state index is 0.395. The fraction of sp³-hybridized carbons (Fsp3) is 0.625. The Labute approximate surface area is 121 Å². The van der Waals surface area contributed by atoms with Crippen LogP contribution < -0.4 is 5.32 Å². The van der Waals surface area contributed by atoms with Crippen LogP contribution in [0.1, 0.15) is 38.3 Å². The number of methoxy groups -OCH3 is 1. The van der Waals surface area contributed by atoms with Crippen LogP contribution in [-0.4, -0.2) is 19.8 Å². The van der Waals surface area contributed by atoms with Crippen molar-refractivity contribution in [2.24, 2.45) is 11.8 Å². The second-order valence-electron chi connectivity index (χ2n) is 5.84. The van der Waals surface area contributed by atoms with E-state index in [9.17, 15) is 0 Å². The molecule has 2 unspecified atom stereocenters. The average Bonchev–Trinajstić information content (AvgIpc) is 3.20. The Kier molecular flexibility index (Phi) is 5.26. The van der Waals surface area contributed by atoms with E-state index < -0.39 is 0 Å². The highest BCUT2D eigenvalue weighted by Gasteiger charge is 2.34. The van der Waals surface area contributed by atoms with Crippen molar-refractivity contribution in [3.63, 3.8) is 0 Å². The summed E-state index contributed by atoms with van der Waals surface area (Å²) >= 11 is 5.98. The lowest BCUT2D eigenvalue weighted by Gasteiger charge is -2.28. The highest BCUT2D eigenvalue weighted by atomic mass is 35.5. The van der Waals surface area contributed by atoms with E-state index >= 15 is 0 Å². The highest BCUT2D eigenvalue weighted by molar-refractivity contribution is 6.30. The number of halogens is 1. The molecular formula is C16H24ClNO. The first-order chi connectivity index (χ1) is 9.11. The molecule has 0 aliphatic heterocycles. The summed E-state index contributed by atoms with van der Waals surface area (Å²) in [6.07, 6.45) is 2.64. The third kappa shape index (κ3) is 4.20. The number of hydrogen-bond acceptors (Lipinski definition) is 2. The number of benzene rings is 1. The maximum atomic E-state index is 5.98. The molecule has 0 saturated heterocycles. The summed E-state index contributed by atoms with van der Waals surface area (Å²) in [6, 6.07) is 9.07. The van der Waals surface area contributed by atoms with Gasteiger partial charge in [-0.05, 0) is 42.4 Å². The first-order valence-corrected chi connectivity index (χ1v) is 7.50. The maximum Gasteiger partial charge on any atom is 0.0618 e. The van der Waals surface area contributed by atoms with Gasteiger partial charge in [0, 0.05) is 24.2 Å². The molecule has 106 valence electrons. The third-order valence-electron chi connectivity index (χ3n) is 3.87. The molecular weight excluding hydrogens is 258 g/mol. The summed E-state index contributed by atoms with van der Waals surface area (Å²) in [5, 5.41) is 4.59. The highest BCUT2D eigenvalue weighted by Crippen LogP contribution is 2.41. The topological polar surface area (TPSA) is 21.3 Å². The minimum Gasteiger partial charge on any atom is -0.383 e. The van der Waals surface area contributed by atoms with E-state index in [1.54, 1.807) is 7.11 Å². The summed E-state index contributed by atoms with van der Waals surface area (Å²) in [5.41, 5.74) is 1.34. The van der Waals surface area contributed by atoms with Crippen LogP contribution in [-0.2, 0) is 4.74 Å². The minimum absolute atomic E-state index is 0.395. The first-order valence-electron chi connectivity index (χ1n) is 7.12. The predicted molar refractivity (Wildman–Crippen MR) is 80.6 cm³/mol. The Morgan fingerprint density at radius 3 is 2.37 bits per heavy atom. The fourth-order valence-electron chi connectivity index (χ4n) is 2.45. The lowest BCUT2D eigenvalue weighted by molar-refractivity contribution is 0.138. The molecule has 1 aliphatic carbocycles. The van der Waals surface area contributed by atoms with Crippen LogP contribution in [0.25, 0.3) is 0 Å². The van der Waals surface area contributed by atoms with Crippen molar-refractivity contribution in [2.45, 2.75) is 38.8 Å². The van der Waals surface area contributed by atoms with E-state index in [0.717, 1.165) is 17.5 Å². The Morgan fingerprint density at radius 1 is 1.26 bits per heavy atom. The molecule has 1 aromatic carbocycles. The standard InChI is InChI=1S/C16H24ClNO/c1-11(2)15(10-19-3)18-16(12-4-5-12)13-6-8-14(17)9-7-13/h6-9,11-12,15-16,18H,4-5,10H2,1-3H3. The zero-order valence-corrected chi connectivity index (χ0v) is 12.8. The molecule has 0 bridgehead atoms. The quantitative estimate of drug-likeness (QED) is 0.814. The molecule has 1 fully saturated rings. The molecule has 1 aliphatic rings. The SMILES string of the molecule is COCC(NC(c1ccc(Cl)cc1)C1CC1)C(C)C. The molecule has 2 atom stereocenters. The van der Waals surface area contributed by atoms with Crippen molar-refractivity contribution >= 4 is 11.6 Å². The van der Waals surface area contributed by atoms with Crippen LogP contribution in [0.3, 0.4) is 0 Å². The summed E-state index contributed by atoms with van der Waals surface area (Å²) in [7, 11) is 1.77. The van der Waals surface area contributed by atoms with Crippen LogP contribution in [0.2, 0.25) is 5.02 Å². The molecule has 0 radical (unpaired) electrons. The smallest absolute Gasteiger partial charge is 0.0618 e. The van der Waals surface area contributed by atoms with Gasteiger partial charge in [-0.2, -0.15) is 0 Å². The molecule has 0 heterocycles. The lowest BCUT2D eigenvalue weighted by atomic mass is 9.98. The summed E-state index contributed by atoms with van der Waals surface area (Å²) in [4.78, 5) is 0. The van der Waals surface area contributed by atoms with Gasteiger partial charge in [0.25, 0.3) is 0 Å².